The van der Waals surface area contributed by atoms with Crippen molar-refractivity contribution in [1.82, 2.24) is 14.8 Å². The Balaban J connectivity index is 1.76. The number of ether oxygens (including phenoxy) is 1. The molecule has 0 spiro atoms. The minimum atomic E-state index is -0.418. The first-order valence-electron chi connectivity index (χ1n) is 9.81. The number of aryl methyl sites for hydroxylation is 1. The van der Waals surface area contributed by atoms with Crippen molar-refractivity contribution < 1.29 is 14.3 Å². The first-order chi connectivity index (χ1) is 14.9. The number of hydrogen-bond donors (Lipinski definition) is 1. The van der Waals surface area contributed by atoms with Crippen LogP contribution in [0.25, 0.3) is 21.6 Å². The van der Waals surface area contributed by atoms with Gasteiger partial charge in [-0.25, -0.2) is 14.5 Å². The van der Waals surface area contributed by atoms with Crippen LogP contribution in [0.2, 0.25) is 0 Å². The second-order valence-electron chi connectivity index (χ2n) is 7.43. The molecule has 1 amide bonds. The lowest BCUT2D eigenvalue weighted by molar-refractivity contribution is 0.0600. The summed E-state index contributed by atoms with van der Waals surface area (Å²) in [5, 5.41) is 10.1. The highest BCUT2D eigenvalue weighted by molar-refractivity contribution is 7.13. The lowest BCUT2D eigenvalue weighted by Gasteiger charge is -2.12. The molecular weight excluding hydrogens is 412 g/mol. The van der Waals surface area contributed by atoms with Crippen molar-refractivity contribution in [3.05, 3.63) is 64.7 Å². The molecule has 1 N–H and O–H groups in total. The molecule has 4 rings (SSSR count). The van der Waals surface area contributed by atoms with E-state index in [1.807, 2.05) is 43.0 Å². The summed E-state index contributed by atoms with van der Waals surface area (Å²) in [6, 6.07) is 10.9. The van der Waals surface area contributed by atoms with Gasteiger partial charge in [0.1, 0.15) is 0 Å². The molecule has 0 saturated carbocycles. The van der Waals surface area contributed by atoms with Crippen LogP contribution < -0.4 is 5.32 Å². The summed E-state index contributed by atoms with van der Waals surface area (Å²) in [6.45, 7) is 5.88. The predicted octanol–water partition coefficient (Wildman–Crippen LogP) is 5.09. The van der Waals surface area contributed by atoms with Crippen LogP contribution in [0.5, 0.6) is 0 Å². The fourth-order valence-electron chi connectivity index (χ4n) is 3.37. The zero-order valence-electron chi connectivity index (χ0n) is 17.7. The van der Waals surface area contributed by atoms with Gasteiger partial charge in [-0.2, -0.15) is 5.10 Å². The van der Waals surface area contributed by atoms with Gasteiger partial charge < -0.3 is 10.1 Å². The van der Waals surface area contributed by atoms with Crippen LogP contribution in [-0.4, -0.2) is 33.8 Å². The molecule has 0 radical (unpaired) electrons. The summed E-state index contributed by atoms with van der Waals surface area (Å²) in [7, 11) is 1.34. The van der Waals surface area contributed by atoms with Crippen molar-refractivity contribution in [2.45, 2.75) is 26.8 Å². The van der Waals surface area contributed by atoms with Gasteiger partial charge in [0.15, 0.2) is 5.65 Å². The molecular formula is C23H22N4O3S. The van der Waals surface area contributed by atoms with Gasteiger partial charge in [0.2, 0.25) is 0 Å². The van der Waals surface area contributed by atoms with Crippen LogP contribution in [0, 0.1) is 6.92 Å². The molecule has 3 aromatic heterocycles. The second kappa shape index (κ2) is 8.31. The monoisotopic (exact) mass is 434 g/mol. The van der Waals surface area contributed by atoms with E-state index in [-0.39, 0.29) is 11.9 Å². The number of benzene rings is 1. The molecule has 0 saturated heterocycles. The first kappa shape index (κ1) is 20.7. The number of aromatic nitrogens is 3. The number of hydrogen-bond acceptors (Lipinski definition) is 6. The highest BCUT2D eigenvalue weighted by Crippen LogP contribution is 2.29. The average molecular weight is 435 g/mol. The molecule has 4 aromatic rings. The maximum Gasteiger partial charge on any atom is 0.337 e. The molecule has 0 unspecified atom stereocenters. The zero-order valence-corrected chi connectivity index (χ0v) is 18.5. The fourth-order valence-corrected chi connectivity index (χ4v) is 4.06. The number of carbonyl (C=O) groups is 2. The SMILES string of the molecule is COC(=O)c1ccc(NC(=O)c2cc(-c3cccs3)nc3c2cnn3C(C)C)c(C)c1. The Morgan fingerprint density at radius 3 is 2.65 bits per heavy atom. The molecule has 1 aromatic carbocycles. The Kier molecular flexibility index (Phi) is 5.56. The second-order valence-corrected chi connectivity index (χ2v) is 8.38. The van der Waals surface area contributed by atoms with E-state index in [1.54, 1.807) is 41.8 Å². The zero-order chi connectivity index (χ0) is 22.1. The third kappa shape index (κ3) is 3.94. The largest absolute Gasteiger partial charge is 0.465 e. The van der Waals surface area contributed by atoms with E-state index < -0.39 is 5.97 Å². The summed E-state index contributed by atoms with van der Waals surface area (Å²) in [5.41, 5.74) is 3.71. The van der Waals surface area contributed by atoms with E-state index in [4.69, 9.17) is 9.72 Å². The van der Waals surface area contributed by atoms with Gasteiger partial charge in [0.25, 0.3) is 5.91 Å². The molecule has 8 heteroatoms. The lowest BCUT2D eigenvalue weighted by Crippen LogP contribution is -2.14. The minimum absolute atomic E-state index is 0.104. The van der Waals surface area contributed by atoms with Crippen molar-refractivity contribution in [2.75, 3.05) is 12.4 Å². The van der Waals surface area contributed by atoms with Crippen LogP contribution in [0.1, 0.15) is 46.2 Å². The van der Waals surface area contributed by atoms with Crippen LogP contribution in [0.15, 0.2) is 48.0 Å². The number of rotatable bonds is 5. The number of methoxy groups -OCH3 is 1. The molecule has 0 fully saturated rings. The van der Waals surface area contributed by atoms with E-state index in [9.17, 15) is 9.59 Å². The molecule has 0 bridgehead atoms. The topological polar surface area (TPSA) is 86.1 Å². The van der Waals surface area contributed by atoms with Gasteiger partial charge in [0.05, 0.1) is 40.4 Å². The molecule has 0 atom stereocenters. The highest BCUT2D eigenvalue weighted by atomic mass is 32.1. The molecule has 158 valence electrons. The summed E-state index contributed by atoms with van der Waals surface area (Å²) in [6.07, 6.45) is 1.68. The lowest BCUT2D eigenvalue weighted by atomic mass is 10.1. The minimum Gasteiger partial charge on any atom is -0.465 e. The third-order valence-electron chi connectivity index (χ3n) is 4.97. The van der Waals surface area contributed by atoms with Crippen LogP contribution >= 0.6 is 11.3 Å². The summed E-state index contributed by atoms with van der Waals surface area (Å²) < 4.78 is 6.58. The summed E-state index contributed by atoms with van der Waals surface area (Å²) in [5.74, 6) is -0.680. The maximum absolute atomic E-state index is 13.3. The van der Waals surface area contributed by atoms with Crippen molar-refractivity contribution in [2.24, 2.45) is 0 Å². The fraction of sp³-hybridized carbons (Fsp3) is 0.217. The normalized spacial score (nSPS) is 11.1. The van der Waals surface area contributed by atoms with Crippen LogP contribution in [0.3, 0.4) is 0 Å². The van der Waals surface area contributed by atoms with E-state index in [1.165, 1.54) is 7.11 Å². The number of carbonyl (C=O) groups excluding carboxylic acids is 2. The van der Waals surface area contributed by atoms with Crippen LogP contribution in [0.4, 0.5) is 5.69 Å². The number of anilines is 1. The maximum atomic E-state index is 13.3. The molecule has 31 heavy (non-hydrogen) atoms. The van der Waals surface area contributed by atoms with E-state index in [2.05, 4.69) is 10.4 Å². The van der Waals surface area contributed by atoms with Gasteiger partial charge in [-0.1, -0.05) is 6.07 Å². The van der Waals surface area contributed by atoms with Crippen molar-refractivity contribution in [3.63, 3.8) is 0 Å². The van der Waals surface area contributed by atoms with Crippen LogP contribution in [-0.2, 0) is 4.74 Å². The Hall–Kier alpha value is -3.52. The number of esters is 1. The number of amides is 1. The third-order valence-corrected chi connectivity index (χ3v) is 5.86. The summed E-state index contributed by atoms with van der Waals surface area (Å²) >= 11 is 1.57. The van der Waals surface area contributed by atoms with E-state index in [0.29, 0.717) is 27.8 Å². The van der Waals surface area contributed by atoms with E-state index >= 15 is 0 Å². The highest BCUT2D eigenvalue weighted by Gasteiger charge is 2.20. The Bertz CT molecular complexity index is 1280. The molecule has 3 heterocycles. The Labute approximate surface area is 183 Å². The molecule has 0 aliphatic rings. The number of nitrogens with one attached hydrogen (secondary N) is 1. The van der Waals surface area contributed by atoms with Gasteiger partial charge >= 0.3 is 5.97 Å². The van der Waals surface area contributed by atoms with Gasteiger partial charge in [0, 0.05) is 11.7 Å². The number of pyridine rings is 1. The van der Waals surface area contributed by atoms with Crippen molar-refractivity contribution in [3.8, 4) is 10.6 Å². The summed E-state index contributed by atoms with van der Waals surface area (Å²) in [4.78, 5) is 30.8. The van der Waals surface area contributed by atoms with Gasteiger partial charge in [-0.15, -0.1) is 11.3 Å². The van der Waals surface area contributed by atoms with Gasteiger partial charge in [-0.05, 0) is 62.0 Å². The number of nitrogens with zero attached hydrogens (tertiary/aromatic N) is 3. The smallest absolute Gasteiger partial charge is 0.337 e. The average Bonchev–Trinajstić information content (AvgIpc) is 3.43. The molecule has 0 aliphatic heterocycles. The first-order valence-corrected chi connectivity index (χ1v) is 10.7. The standard InChI is InChI=1S/C23H22N4O3S/c1-13(2)27-21-17(12-24-27)16(11-19(25-21)20-6-5-9-31-20)22(28)26-18-8-7-15(10-14(18)3)23(29)30-4/h5-13H,1-4H3,(H,26,28). The van der Waals surface area contributed by atoms with Gasteiger partial charge in [-0.3, -0.25) is 4.79 Å². The van der Waals surface area contributed by atoms with Crippen molar-refractivity contribution in [1.29, 1.82) is 0 Å². The number of fused-ring (bicyclic) bond motifs is 1. The molecule has 0 aliphatic carbocycles. The van der Waals surface area contributed by atoms with E-state index in [0.717, 1.165) is 16.1 Å². The van der Waals surface area contributed by atoms with Crippen molar-refractivity contribution >= 4 is 39.9 Å². The quantitative estimate of drug-likeness (QED) is 0.442. The predicted molar refractivity (Wildman–Crippen MR) is 122 cm³/mol. The number of thiophene rings is 1. The Morgan fingerprint density at radius 1 is 1.19 bits per heavy atom. The molecule has 7 nitrogen and oxygen atoms in total. The Morgan fingerprint density at radius 2 is 2.00 bits per heavy atom.